The van der Waals surface area contributed by atoms with E-state index in [4.69, 9.17) is 5.11 Å². The van der Waals surface area contributed by atoms with Gasteiger partial charge in [0.1, 0.15) is 0 Å². The monoisotopic (exact) mass is 253 g/mol. The van der Waals surface area contributed by atoms with E-state index in [-0.39, 0.29) is 5.92 Å². The first-order valence-corrected chi connectivity index (χ1v) is 7.72. The molecule has 2 aliphatic carbocycles. The summed E-state index contributed by atoms with van der Waals surface area (Å²) in [6.07, 6.45) is 12.3. The Morgan fingerprint density at radius 2 is 1.67 bits per heavy atom. The van der Waals surface area contributed by atoms with Crippen LogP contribution in [0, 0.1) is 11.8 Å². The second kappa shape index (κ2) is 7.13. The van der Waals surface area contributed by atoms with Crippen molar-refractivity contribution in [2.24, 2.45) is 11.8 Å². The Bertz CT molecular complexity index is 253. The molecule has 0 bridgehead atoms. The van der Waals surface area contributed by atoms with E-state index in [0.29, 0.717) is 6.04 Å². The van der Waals surface area contributed by atoms with Gasteiger partial charge in [0.2, 0.25) is 0 Å². The van der Waals surface area contributed by atoms with Gasteiger partial charge in [-0.1, -0.05) is 32.1 Å². The van der Waals surface area contributed by atoms with E-state index in [2.05, 4.69) is 5.32 Å². The van der Waals surface area contributed by atoms with E-state index >= 15 is 0 Å². The molecule has 2 rings (SSSR count). The molecule has 0 heterocycles. The molecular formula is C15H27NO2. The highest BCUT2D eigenvalue weighted by molar-refractivity contribution is 5.70. The van der Waals surface area contributed by atoms with Gasteiger partial charge in [-0.2, -0.15) is 0 Å². The quantitative estimate of drug-likeness (QED) is 0.791. The Morgan fingerprint density at radius 1 is 1.00 bits per heavy atom. The summed E-state index contributed by atoms with van der Waals surface area (Å²) in [7, 11) is 0. The molecule has 2 saturated carbocycles. The Hall–Kier alpha value is -0.570. The van der Waals surface area contributed by atoms with Crippen LogP contribution in [0.3, 0.4) is 0 Å². The van der Waals surface area contributed by atoms with Gasteiger partial charge in [0, 0.05) is 6.04 Å². The minimum Gasteiger partial charge on any atom is -0.481 e. The number of rotatable bonds is 5. The minimum absolute atomic E-state index is 0.0820. The molecule has 104 valence electrons. The minimum atomic E-state index is -0.601. The molecule has 0 aromatic carbocycles. The lowest BCUT2D eigenvalue weighted by Gasteiger charge is -2.28. The maximum absolute atomic E-state index is 10.9. The number of nitrogens with one attached hydrogen (secondary N) is 1. The zero-order chi connectivity index (χ0) is 12.8. The molecule has 0 atom stereocenters. The van der Waals surface area contributed by atoms with Gasteiger partial charge in [0.05, 0.1) is 5.92 Å². The maximum Gasteiger partial charge on any atom is 0.306 e. The molecule has 0 aromatic heterocycles. The SMILES string of the molecule is O=C(O)C1CCC(NCCC2CCCCC2)CC1. The lowest BCUT2D eigenvalue weighted by atomic mass is 9.85. The third-order valence-electron chi connectivity index (χ3n) is 4.79. The summed E-state index contributed by atoms with van der Waals surface area (Å²) in [6, 6.07) is 0.573. The van der Waals surface area contributed by atoms with Gasteiger partial charge < -0.3 is 10.4 Å². The van der Waals surface area contributed by atoms with Gasteiger partial charge in [-0.05, 0) is 44.6 Å². The summed E-state index contributed by atoms with van der Waals surface area (Å²) in [6.45, 7) is 1.13. The standard InChI is InChI=1S/C15H27NO2/c17-15(18)13-6-8-14(9-7-13)16-11-10-12-4-2-1-3-5-12/h12-14,16H,1-11H2,(H,17,18). The molecular weight excluding hydrogens is 226 g/mol. The van der Waals surface area contributed by atoms with Gasteiger partial charge in [-0.3, -0.25) is 4.79 Å². The van der Waals surface area contributed by atoms with Crippen molar-refractivity contribution in [1.29, 1.82) is 0 Å². The van der Waals surface area contributed by atoms with Crippen LogP contribution in [-0.2, 0) is 4.79 Å². The van der Waals surface area contributed by atoms with Crippen LogP contribution in [0.4, 0.5) is 0 Å². The van der Waals surface area contributed by atoms with E-state index < -0.39 is 5.97 Å². The largest absolute Gasteiger partial charge is 0.481 e. The normalized spacial score (nSPS) is 30.2. The summed E-state index contributed by atoms with van der Waals surface area (Å²) in [5.74, 6) is 0.263. The third kappa shape index (κ3) is 4.27. The van der Waals surface area contributed by atoms with Crippen LogP contribution in [0.25, 0.3) is 0 Å². The Balaban J connectivity index is 1.56. The van der Waals surface area contributed by atoms with Gasteiger partial charge >= 0.3 is 5.97 Å². The molecule has 3 nitrogen and oxygen atoms in total. The first-order valence-electron chi connectivity index (χ1n) is 7.72. The zero-order valence-corrected chi connectivity index (χ0v) is 11.4. The predicted octanol–water partition coefficient (Wildman–Crippen LogP) is 3.19. The molecule has 0 radical (unpaired) electrons. The van der Waals surface area contributed by atoms with Gasteiger partial charge in [-0.15, -0.1) is 0 Å². The number of carboxylic acid groups (broad SMARTS) is 1. The smallest absolute Gasteiger partial charge is 0.306 e. The van der Waals surface area contributed by atoms with Gasteiger partial charge in [0.15, 0.2) is 0 Å². The Morgan fingerprint density at radius 3 is 2.28 bits per heavy atom. The van der Waals surface area contributed by atoms with Gasteiger partial charge in [0.25, 0.3) is 0 Å². The van der Waals surface area contributed by atoms with Crippen LogP contribution >= 0.6 is 0 Å². The van der Waals surface area contributed by atoms with Crippen molar-refractivity contribution < 1.29 is 9.90 Å². The van der Waals surface area contributed by atoms with Crippen molar-refractivity contribution >= 4 is 5.97 Å². The van der Waals surface area contributed by atoms with Crippen LogP contribution in [-0.4, -0.2) is 23.7 Å². The molecule has 3 heteroatoms. The molecule has 0 spiro atoms. The third-order valence-corrected chi connectivity index (χ3v) is 4.79. The van der Waals surface area contributed by atoms with Crippen LogP contribution in [0.1, 0.15) is 64.2 Å². The fourth-order valence-corrected chi connectivity index (χ4v) is 3.51. The molecule has 0 aromatic rings. The predicted molar refractivity (Wildman–Crippen MR) is 72.6 cm³/mol. The van der Waals surface area contributed by atoms with Crippen molar-refractivity contribution in [2.75, 3.05) is 6.54 Å². The van der Waals surface area contributed by atoms with E-state index in [1.807, 2.05) is 0 Å². The van der Waals surface area contributed by atoms with Crippen LogP contribution in [0.15, 0.2) is 0 Å². The highest BCUT2D eigenvalue weighted by Crippen LogP contribution is 2.27. The summed E-state index contributed by atoms with van der Waals surface area (Å²) in [5, 5.41) is 12.6. The summed E-state index contributed by atoms with van der Waals surface area (Å²) in [5.41, 5.74) is 0. The second-order valence-electron chi connectivity index (χ2n) is 6.13. The first kappa shape index (κ1) is 13.9. The highest BCUT2D eigenvalue weighted by Gasteiger charge is 2.25. The maximum atomic E-state index is 10.9. The number of hydrogen-bond acceptors (Lipinski definition) is 2. The number of carboxylic acids is 1. The average molecular weight is 253 g/mol. The van der Waals surface area contributed by atoms with Crippen LogP contribution in [0.2, 0.25) is 0 Å². The number of aliphatic carboxylic acids is 1. The van der Waals surface area contributed by atoms with Crippen molar-refractivity contribution in [3.05, 3.63) is 0 Å². The molecule has 2 N–H and O–H groups in total. The van der Waals surface area contributed by atoms with Crippen molar-refractivity contribution in [2.45, 2.75) is 70.3 Å². The first-order chi connectivity index (χ1) is 8.75. The summed E-state index contributed by atoms with van der Waals surface area (Å²) < 4.78 is 0. The van der Waals surface area contributed by atoms with Crippen molar-refractivity contribution in [3.8, 4) is 0 Å². The molecule has 0 amide bonds. The second-order valence-corrected chi connectivity index (χ2v) is 6.13. The zero-order valence-electron chi connectivity index (χ0n) is 11.4. The molecule has 18 heavy (non-hydrogen) atoms. The van der Waals surface area contributed by atoms with Crippen LogP contribution < -0.4 is 5.32 Å². The van der Waals surface area contributed by atoms with E-state index in [9.17, 15) is 4.79 Å². The van der Waals surface area contributed by atoms with E-state index in [0.717, 1.165) is 38.1 Å². The lowest BCUT2D eigenvalue weighted by Crippen LogP contribution is -2.36. The summed E-state index contributed by atoms with van der Waals surface area (Å²) in [4.78, 5) is 10.9. The van der Waals surface area contributed by atoms with Crippen LogP contribution in [0.5, 0.6) is 0 Å². The Labute approximate surface area is 110 Å². The average Bonchev–Trinajstić information content (AvgIpc) is 2.40. The fourth-order valence-electron chi connectivity index (χ4n) is 3.51. The molecule has 0 unspecified atom stereocenters. The van der Waals surface area contributed by atoms with Crippen molar-refractivity contribution in [1.82, 2.24) is 5.32 Å². The van der Waals surface area contributed by atoms with E-state index in [1.54, 1.807) is 0 Å². The number of hydrogen-bond donors (Lipinski definition) is 2. The lowest BCUT2D eigenvalue weighted by molar-refractivity contribution is -0.142. The highest BCUT2D eigenvalue weighted by atomic mass is 16.4. The molecule has 0 aliphatic heterocycles. The number of carbonyl (C=O) groups is 1. The van der Waals surface area contributed by atoms with Gasteiger partial charge in [-0.25, -0.2) is 0 Å². The fraction of sp³-hybridized carbons (Fsp3) is 0.933. The topological polar surface area (TPSA) is 49.3 Å². The van der Waals surface area contributed by atoms with E-state index in [1.165, 1.54) is 38.5 Å². The van der Waals surface area contributed by atoms with Crippen molar-refractivity contribution in [3.63, 3.8) is 0 Å². The Kier molecular flexibility index (Phi) is 5.48. The molecule has 2 aliphatic rings. The molecule has 2 fully saturated rings. The summed E-state index contributed by atoms with van der Waals surface area (Å²) >= 11 is 0. The molecule has 0 saturated heterocycles.